The van der Waals surface area contributed by atoms with Gasteiger partial charge in [-0.2, -0.15) is 0 Å². The van der Waals surface area contributed by atoms with E-state index in [0.29, 0.717) is 12.5 Å². The molecule has 2 aliphatic heterocycles. The van der Waals surface area contributed by atoms with Gasteiger partial charge in [-0.25, -0.2) is 4.79 Å². The van der Waals surface area contributed by atoms with Gasteiger partial charge in [0, 0.05) is 26.7 Å². The SMILES string of the molecule is CC(C)CN1C(=O)N(C)C2(CCN(C)CC2)C1=O. The lowest BCUT2D eigenvalue weighted by Crippen LogP contribution is -2.54. The fourth-order valence-electron chi connectivity index (χ4n) is 2.91. The highest BCUT2D eigenvalue weighted by Crippen LogP contribution is 2.35. The van der Waals surface area contributed by atoms with Crippen molar-refractivity contribution in [1.29, 1.82) is 0 Å². The van der Waals surface area contributed by atoms with Crippen molar-refractivity contribution in [2.75, 3.05) is 33.7 Å². The molecule has 0 aromatic heterocycles. The molecule has 18 heavy (non-hydrogen) atoms. The second kappa shape index (κ2) is 4.53. The van der Waals surface area contributed by atoms with E-state index in [9.17, 15) is 9.59 Å². The fourth-order valence-corrected chi connectivity index (χ4v) is 2.91. The molecule has 5 nitrogen and oxygen atoms in total. The second-order valence-corrected chi connectivity index (χ2v) is 5.99. The highest BCUT2D eigenvalue weighted by Gasteiger charge is 2.56. The van der Waals surface area contributed by atoms with Gasteiger partial charge in [-0.3, -0.25) is 9.69 Å². The fraction of sp³-hybridized carbons (Fsp3) is 0.846. The Hall–Kier alpha value is -1.10. The van der Waals surface area contributed by atoms with Crippen molar-refractivity contribution in [3.63, 3.8) is 0 Å². The molecule has 0 radical (unpaired) electrons. The van der Waals surface area contributed by atoms with Gasteiger partial charge in [0.1, 0.15) is 5.54 Å². The minimum absolute atomic E-state index is 0.0109. The van der Waals surface area contributed by atoms with Crippen LogP contribution in [-0.2, 0) is 4.79 Å². The van der Waals surface area contributed by atoms with E-state index in [-0.39, 0.29) is 11.9 Å². The molecule has 0 atom stereocenters. The van der Waals surface area contributed by atoms with Crippen LogP contribution in [0.2, 0.25) is 0 Å². The monoisotopic (exact) mass is 253 g/mol. The van der Waals surface area contributed by atoms with Crippen molar-refractivity contribution in [1.82, 2.24) is 14.7 Å². The summed E-state index contributed by atoms with van der Waals surface area (Å²) in [5.41, 5.74) is -0.571. The summed E-state index contributed by atoms with van der Waals surface area (Å²) in [7, 11) is 3.83. The third kappa shape index (κ3) is 1.90. The molecule has 2 fully saturated rings. The number of carbonyl (C=O) groups excluding carboxylic acids is 2. The maximum Gasteiger partial charge on any atom is 0.327 e. The molecule has 2 saturated heterocycles. The summed E-state index contributed by atoms with van der Waals surface area (Å²) in [6.45, 7) is 6.33. The lowest BCUT2D eigenvalue weighted by molar-refractivity contribution is -0.135. The molecule has 0 aromatic carbocycles. The van der Waals surface area contributed by atoms with Crippen molar-refractivity contribution in [2.24, 2.45) is 5.92 Å². The summed E-state index contributed by atoms with van der Waals surface area (Å²) in [6, 6.07) is -0.127. The zero-order valence-corrected chi connectivity index (χ0v) is 11.8. The normalized spacial score (nSPS) is 24.7. The summed E-state index contributed by atoms with van der Waals surface area (Å²) in [4.78, 5) is 30.1. The largest absolute Gasteiger partial charge is 0.327 e. The van der Waals surface area contributed by atoms with E-state index >= 15 is 0 Å². The molecule has 0 bridgehead atoms. The molecule has 0 aliphatic carbocycles. The van der Waals surface area contributed by atoms with Crippen LogP contribution in [0.4, 0.5) is 4.79 Å². The zero-order chi connectivity index (χ0) is 13.5. The molecule has 0 aromatic rings. The first kappa shape index (κ1) is 13.3. The molecule has 0 N–H and O–H groups in total. The van der Waals surface area contributed by atoms with E-state index in [2.05, 4.69) is 11.9 Å². The maximum atomic E-state index is 12.6. The molecule has 2 heterocycles. The first-order valence-electron chi connectivity index (χ1n) is 6.67. The smallest absolute Gasteiger partial charge is 0.312 e. The Morgan fingerprint density at radius 2 is 1.72 bits per heavy atom. The number of carbonyl (C=O) groups is 2. The third-order valence-corrected chi connectivity index (χ3v) is 4.17. The van der Waals surface area contributed by atoms with Crippen LogP contribution < -0.4 is 0 Å². The van der Waals surface area contributed by atoms with Crippen LogP contribution >= 0.6 is 0 Å². The predicted octanol–water partition coefficient (Wildman–Crippen LogP) is 1.00. The van der Waals surface area contributed by atoms with E-state index in [1.807, 2.05) is 13.8 Å². The Kier molecular flexibility index (Phi) is 3.36. The van der Waals surface area contributed by atoms with Gasteiger partial charge in [0.15, 0.2) is 0 Å². The Labute approximate surface area is 109 Å². The molecule has 1 spiro atoms. The van der Waals surface area contributed by atoms with E-state index < -0.39 is 5.54 Å². The number of imide groups is 1. The van der Waals surface area contributed by atoms with Gasteiger partial charge >= 0.3 is 6.03 Å². The quantitative estimate of drug-likeness (QED) is 0.690. The number of likely N-dealkylation sites (N-methyl/N-ethyl adjacent to an activating group) is 1. The molecule has 5 heteroatoms. The number of amides is 3. The van der Waals surface area contributed by atoms with Crippen molar-refractivity contribution in [3.05, 3.63) is 0 Å². The summed E-state index contributed by atoms with van der Waals surface area (Å²) < 4.78 is 0. The lowest BCUT2D eigenvalue weighted by Gasteiger charge is -2.39. The lowest BCUT2D eigenvalue weighted by atomic mass is 9.86. The van der Waals surface area contributed by atoms with E-state index in [4.69, 9.17) is 0 Å². The van der Waals surface area contributed by atoms with Gasteiger partial charge in [-0.15, -0.1) is 0 Å². The van der Waals surface area contributed by atoms with Crippen molar-refractivity contribution >= 4 is 11.9 Å². The van der Waals surface area contributed by atoms with Gasteiger partial charge < -0.3 is 9.80 Å². The van der Waals surface area contributed by atoms with E-state index in [1.54, 1.807) is 11.9 Å². The topological polar surface area (TPSA) is 43.9 Å². The molecular weight excluding hydrogens is 230 g/mol. The highest BCUT2D eigenvalue weighted by molar-refractivity contribution is 6.07. The predicted molar refractivity (Wildman–Crippen MR) is 69.2 cm³/mol. The Morgan fingerprint density at radius 1 is 1.17 bits per heavy atom. The van der Waals surface area contributed by atoms with Crippen LogP contribution in [0.25, 0.3) is 0 Å². The third-order valence-electron chi connectivity index (χ3n) is 4.17. The first-order chi connectivity index (χ1) is 8.38. The molecule has 3 amide bonds. The number of rotatable bonds is 2. The summed E-state index contributed by atoms with van der Waals surface area (Å²) in [6.07, 6.45) is 1.50. The van der Waals surface area contributed by atoms with Gasteiger partial charge in [-0.05, 0) is 25.8 Å². The highest BCUT2D eigenvalue weighted by atomic mass is 16.2. The van der Waals surface area contributed by atoms with Crippen molar-refractivity contribution in [2.45, 2.75) is 32.2 Å². The van der Waals surface area contributed by atoms with Crippen LogP contribution in [0.5, 0.6) is 0 Å². The molecule has 102 valence electrons. The van der Waals surface area contributed by atoms with Crippen LogP contribution in [0.15, 0.2) is 0 Å². The van der Waals surface area contributed by atoms with E-state index in [1.165, 1.54) is 4.90 Å². The van der Waals surface area contributed by atoms with Crippen LogP contribution in [0.3, 0.4) is 0 Å². The first-order valence-corrected chi connectivity index (χ1v) is 6.67. The number of hydrogen-bond donors (Lipinski definition) is 0. The van der Waals surface area contributed by atoms with E-state index in [0.717, 1.165) is 25.9 Å². The summed E-state index contributed by atoms with van der Waals surface area (Å²) >= 11 is 0. The van der Waals surface area contributed by atoms with Gasteiger partial charge in [0.2, 0.25) is 0 Å². The van der Waals surface area contributed by atoms with Crippen LogP contribution in [0.1, 0.15) is 26.7 Å². The van der Waals surface area contributed by atoms with Crippen LogP contribution in [0, 0.1) is 5.92 Å². The standard InChI is InChI=1S/C13H23N3O2/c1-10(2)9-16-11(17)13(15(4)12(16)18)5-7-14(3)8-6-13/h10H,5-9H2,1-4H3. The Balaban J connectivity index is 2.22. The second-order valence-electron chi connectivity index (χ2n) is 5.99. The average Bonchev–Trinajstić information content (AvgIpc) is 2.48. The number of hydrogen-bond acceptors (Lipinski definition) is 3. The van der Waals surface area contributed by atoms with Crippen molar-refractivity contribution in [3.8, 4) is 0 Å². The zero-order valence-electron chi connectivity index (χ0n) is 11.8. The van der Waals surface area contributed by atoms with Crippen LogP contribution in [-0.4, -0.2) is 65.9 Å². The van der Waals surface area contributed by atoms with Gasteiger partial charge in [0.25, 0.3) is 5.91 Å². The number of piperidine rings is 1. The molecular formula is C13H23N3O2. The number of urea groups is 1. The minimum Gasteiger partial charge on any atom is -0.312 e. The maximum absolute atomic E-state index is 12.6. The number of nitrogens with zero attached hydrogens (tertiary/aromatic N) is 3. The Morgan fingerprint density at radius 3 is 2.22 bits per heavy atom. The molecule has 2 aliphatic rings. The van der Waals surface area contributed by atoms with Gasteiger partial charge in [-0.1, -0.05) is 13.8 Å². The number of likely N-dealkylation sites (tertiary alicyclic amines) is 1. The summed E-state index contributed by atoms with van der Waals surface area (Å²) in [5, 5.41) is 0. The summed E-state index contributed by atoms with van der Waals surface area (Å²) in [5.74, 6) is 0.324. The average molecular weight is 253 g/mol. The van der Waals surface area contributed by atoms with Gasteiger partial charge in [0.05, 0.1) is 0 Å². The minimum atomic E-state index is -0.571. The molecule has 0 unspecified atom stereocenters. The molecule has 2 rings (SSSR count). The Bertz CT molecular complexity index is 359. The molecule has 0 saturated carbocycles. The van der Waals surface area contributed by atoms with Crippen molar-refractivity contribution < 1.29 is 9.59 Å².